The first-order chi connectivity index (χ1) is 14.7. The molecular formula is C22H25ClN2O5S. The monoisotopic (exact) mass is 464 g/mol. The smallest absolute Gasteiger partial charge is 0.339 e. The molecule has 3 rings (SSSR count). The van der Waals surface area contributed by atoms with Gasteiger partial charge in [-0.05, 0) is 57.0 Å². The number of ether oxygens (including phenoxy) is 1. The van der Waals surface area contributed by atoms with Crippen molar-refractivity contribution in [2.45, 2.75) is 31.6 Å². The van der Waals surface area contributed by atoms with Gasteiger partial charge in [-0.1, -0.05) is 29.3 Å². The average Bonchev–Trinajstić information content (AvgIpc) is 2.75. The summed E-state index contributed by atoms with van der Waals surface area (Å²) in [5, 5.41) is 2.99. The van der Waals surface area contributed by atoms with Crippen LogP contribution < -0.4 is 5.32 Å². The summed E-state index contributed by atoms with van der Waals surface area (Å²) in [6, 6.07) is 11.2. The topological polar surface area (TPSA) is 92.8 Å². The van der Waals surface area contributed by atoms with Crippen molar-refractivity contribution in [1.82, 2.24) is 4.31 Å². The SMILES string of the molecule is CCOC(=O)c1cc(NC(=O)C2CCCN(S(=O)(=O)c3ccc(C)cc3)C2)ccc1Cl. The summed E-state index contributed by atoms with van der Waals surface area (Å²) in [6.07, 6.45) is 1.15. The number of hydrogen-bond donors (Lipinski definition) is 1. The Balaban J connectivity index is 1.72. The van der Waals surface area contributed by atoms with Crippen LogP contribution in [0, 0.1) is 12.8 Å². The summed E-state index contributed by atoms with van der Waals surface area (Å²) in [5.41, 5.74) is 1.53. The molecule has 1 heterocycles. The van der Waals surface area contributed by atoms with Gasteiger partial charge in [-0.15, -0.1) is 0 Å². The van der Waals surface area contributed by atoms with Crippen LogP contribution in [0.15, 0.2) is 47.4 Å². The van der Waals surface area contributed by atoms with Gasteiger partial charge in [0.05, 0.1) is 28.0 Å². The molecule has 166 valence electrons. The molecule has 1 unspecified atom stereocenters. The van der Waals surface area contributed by atoms with Crippen LogP contribution >= 0.6 is 11.6 Å². The fourth-order valence-corrected chi connectivity index (χ4v) is 5.17. The number of halogens is 1. The second-order valence-corrected chi connectivity index (χ2v) is 9.76. The minimum Gasteiger partial charge on any atom is -0.462 e. The maximum Gasteiger partial charge on any atom is 0.339 e. The Bertz CT molecular complexity index is 1070. The van der Waals surface area contributed by atoms with E-state index in [1.807, 2.05) is 6.92 Å². The second kappa shape index (κ2) is 9.80. The lowest BCUT2D eigenvalue weighted by molar-refractivity contribution is -0.120. The highest BCUT2D eigenvalue weighted by Gasteiger charge is 2.33. The van der Waals surface area contributed by atoms with E-state index < -0.39 is 21.9 Å². The van der Waals surface area contributed by atoms with Gasteiger partial charge >= 0.3 is 5.97 Å². The molecule has 0 saturated carbocycles. The number of anilines is 1. The highest BCUT2D eigenvalue weighted by molar-refractivity contribution is 7.89. The molecule has 1 saturated heterocycles. The van der Waals surface area contributed by atoms with Crippen LogP contribution in [0.4, 0.5) is 5.69 Å². The fourth-order valence-electron chi connectivity index (χ4n) is 3.45. The number of benzene rings is 2. The maximum atomic E-state index is 13.0. The van der Waals surface area contributed by atoms with Gasteiger partial charge < -0.3 is 10.1 Å². The van der Waals surface area contributed by atoms with Crippen molar-refractivity contribution in [2.24, 2.45) is 5.92 Å². The van der Waals surface area contributed by atoms with Gasteiger partial charge in [0.15, 0.2) is 0 Å². The van der Waals surface area contributed by atoms with Crippen molar-refractivity contribution in [3.63, 3.8) is 0 Å². The highest BCUT2D eigenvalue weighted by Crippen LogP contribution is 2.26. The van der Waals surface area contributed by atoms with E-state index in [9.17, 15) is 18.0 Å². The van der Waals surface area contributed by atoms with Gasteiger partial charge in [0.1, 0.15) is 0 Å². The summed E-state index contributed by atoms with van der Waals surface area (Å²) < 4.78 is 32.3. The van der Waals surface area contributed by atoms with Gasteiger partial charge in [0, 0.05) is 18.8 Å². The van der Waals surface area contributed by atoms with Crippen molar-refractivity contribution in [3.05, 3.63) is 58.6 Å². The molecule has 9 heteroatoms. The predicted molar refractivity (Wildman–Crippen MR) is 119 cm³/mol. The molecule has 2 aromatic rings. The molecule has 1 fully saturated rings. The molecule has 31 heavy (non-hydrogen) atoms. The van der Waals surface area contributed by atoms with E-state index in [4.69, 9.17) is 16.3 Å². The number of carbonyl (C=O) groups excluding carboxylic acids is 2. The molecular weight excluding hydrogens is 440 g/mol. The summed E-state index contributed by atoms with van der Waals surface area (Å²) in [6.45, 7) is 4.26. The third-order valence-electron chi connectivity index (χ3n) is 5.14. The summed E-state index contributed by atoms with van der Waals surface area (Å²) in [4.78, 5) is 25.1. The molecule has 0 bridgehead atoms. The number of esters is 1. The number of rotatable bonds is 6. The Kier molecular flexibility index (Phi) is 7.35. The first-order valence-electron chi connectivity index (χ1n) is 10.1. The fraction of sp³-hybridized carbons (Fsp3) is 0.364. The van der Waals surface area contributed by atoms with E-state index in [0.717, 1.165) is 5.56 Å². The van der Waals surface area contributed by atoms with E-state index in [2.05, 4.69) is 5.32 Å². The highest BCUT2D eigenvalue weighted by atomic mass is 35.5. The zero-order valence-corrected chi connectivity index (χ0v) is 19.0. The minimum atomic E-state index is -3.67. The number of carbonyl (C=O) groups is 2. The first kappa shape index (κ1) is 23.2. The molecule has 1 aliphatic heterocycles. The van der Waals surface area contributed by atoms with E-state index in [0.29, 0.717) is 25.1 Å². The number of amides is 1. The van der Waals surface area contributed by atoms with E-state index in [-0.39, 0.29) is 34.5 Å². The third kappa shape index (κ3) is 5.44. The summed E-state index contributed by atoms with van der Waals surface area (Å²) >= 11 is 6.06. The van der Waals surface area contributed by atoms with E-state index >= 15 is 0 Å². The summed E-state index contributed by atoms with van der Waals surface area (Å²) in [7, 11) is -3.67. The molecule has 7 nitrogen and oxygen atoms in total. The average molecular weight is 465 g/mol. The third-order valence-corrected chi connectivity index (χ3v) is 7.35. The zero-order valence-electron chi connectivity index (χ0n) is 17.4. The van der Waals surface area contributed by atoms with Crippen molar-refractivity contribution in [3.8, 4) is 0 Å². The molecule has 1 atom stereocenters. The number of aryl methyl sites for hydroxylation is 1. The van der Waals surface area contributed by atoms with E-state index in [1.165, 1.54) is 16.4 Å². The van der Waals surface area contributed by atoms with Crippen LogP contribution in [0.1, 0.15) is 35.7 Å². The first-order valence-corrected chi connectivity index (χ1v) is 11.9. The number of hydrogen-bond acceptors (Lipinski definition) is 5. The van der Waals surface area contributed by atoms with Gasteiger partial charge in [0.2, 0.25) is 15.9 Å². The molecule has 0 aliphatic carbocycles. The van der Waals surface area contributed by atoms with Crippen molar-refractivity contribution in [2.75, 3.05) is 25.0 Å². The number of nitrogens with zero attached hydrogens (tertiary/aromatic N) is 1. The Labute approximate surface area is 187 Å². The van der Waals surface area contributed by atoms with Gasteiger partial charge in [0.25, 0.3) is 0 Å². The van der Waals surface area contributed by atoms with Gasteiger partial charge in [-0.25, -0.2) is 13.2 Å². The minimum absolute atomic E-state index is 0.0976. The molecule has 0 aromatic heterocycles. The maximum absolute atomic E-state index is 13.0. The molecule has 0 radical (unpaired) electrons. The Morgan fingerprint density at radius 1 is 1.19 bits per heavy atom. The molecule has 1 N–H and O–H groups in total. The van der Waals surface area contributed by atoms with Gasteiger partial charge in [-0.3, -0.25) is 4.79 Å². The Morgan fingerprint density at radius 2 is 1.90 bits per heavy atom. The van der Waals surface area contributed by atoms with Crippen LogP contribution in [0.25, 0.3) is 0 Å². The lowest BCUT2D eigenvalue weighted by Gasteiger charge is -2.31. The Hall–Kier alpha value is -2.42. The van der Waals surface area contributed by atoms with Crippen LogP contribution in [0.5, 0.6) is 0 Å². The van der Waals surface area contributed by atoms with Crippen molar-refractivity contribution >= 4 is 39.2 Å². The number of sulfonamides is 1. The lowest BCUT2D eigenvalue weighted by Crippen LogP contribution is -2.43. The largest absolute Gasteiger partial charge is 0.462 e. The molecule has 0 spiro atoms. The second-order valence-electron chi connectivity index (χ2n) is 7.42. The van der Waals surface area contributed by atoms with Gasteiger partial charge in [-0.2, -0.15) is 4.31 Å². The van der Waals surface area contributed by atoms with Crippen LogP contribution in [-0.4, -0.2) is 44.3 Å². The predicted octanol–water partition coefficient (Wildman–Crippen LogP) is 3.86. The summed E-state index contributed by atoms with van der Waals surface area (Å²) in [5.74, 6) is -1.38. The standard InChI is InChI=1S/C22H25ClN2O5S/c1-3-30-22(27)19-13-17(8-11-20(19)23)24-21(26)16-5-4-12-25(14-16)31(28,29)18-9-6-15(2)7-10-18/h6-11,13,16H,3-5,12,14H2,1-2H3,(H,24,26). The normalized spacial score (nSPS) is 17.2. The van der Waals surface area contributed by atoms with E-state index in [1.54, 1.807) is 37.3 Å². The van der Waals surface area contributed by atoms with Crippen LogP contribution in [0.3, 0.4) is 0 Å². The zero-order chi connectivity index (χ0) is 22.6. The molecule has 1 aliphatic rings. The molecule has 2 aromatic carbocycles. The lowest BCUT2D eigenvalue weighted by atomic mass is 9.98. The molecule has 1 amide bonds. The van der Waals surface area contributed by atoms with Crippen LogP contribution in [0.2, 0.25) is 5.02 Å². The quantitative estimate of drug-likeness (QED) is 0.655. The number of piperidine rings is 1. The van der Waals surface area contributed by atoms with Crippen molar-refractivity contribution < 1.29 is 22.7 Å². The Morgan fingerprint density at radius 3 is 2.58 bits per heavy atom. The van der Waals surface area contributed by atoms with Crippen LogP contribution in [-0.2, 0) is 19.6 Å². The number of nitrogens with one attached hydrogen (secondary N) is 1. The van der Waals surface area contributed by atoms with Crippen molar-refractivity contribution in [1.29, 1.82) is 0 Å².